The fourth-order valence-electron chi connectivity index (χ4n) is 2.49. The van der Waals surface area contributed by atoms with Crippen molar-refractivity contribution in [2.45, 2.75) is 18.9 Å². The van der Waals surface area contributed by atoms with Crippen LogP contribution in [0.4, 0.5) is 0 Å². The lowest BCUT2D eigenvalue weighted by Gasteiger charge is -2.19. The molecule has 1 aliphatic rings. The van der Waals surface area contributed by atoms with Crippen molar-refractivity contribution >= 4 is 11.6 Å². The van der Waals surface area contributed by atoms with Crippen LogP contribution in [0.15, 0.2) is 24.3 Å². The maximum absolute atomic E-state index is 9.10. The Kier molecular flexibility index (Phi) is 5.01. The summed E-state index contributed by atoms with van der Waals surface area (Å²) in [5, 5.41) is 9.84. The van der Waals surface area contributed by atoms with Crippen LogP contribution in [0.3, 0.4) is 0 Å². The molecule has 0 bridgehead atoms. The first kappa shape index (κ1) is 13.8. The third-order valence-corrected chi connectivity index (χ3v) is 3.90. The number of benzene rings is 1. The monoisotopic (exact) mass is 268 g/mol. The number of hydrogen-bond donors (Lipinski definition) is 2. The zero-order valence-corrected chi connectivity index (χ0v) is 11.3. The molecule has 4 heteroatoms. The Morgan fingerprint density at radius 2 is 2.33 bits per heavy atom. The topological polar surface area (TPSA) is 49.5 Å². The van der Waals surface area contributed by atoms with E-state index in [9.17, 15) is 0 Å². The Bertz CT molecular complexity index is 386. The van der Waals surface area contributed by atoms with Crippen molar-refractivity contribution < 1.29 is 5.11 Å². The number of likely N-dealkylation sites (tertiary alicyclic amines) is 1. The molecule has 0 spiro atoms. The minimum atomic E-state index is 0.0388. The van der Waals surface area contributed by atoms with Crippen LogP contribution in [-0.4, -0.2) is 36.2 Å². The molecule has 0 saturated carbocycles. The smallest absolute Gasteiger partial charge is 0.0471 e. The zero-order valence-electron chi connectivity index (χ0n) is 10.6. The molecule has 0 radical (unpaired) electrons. The van der Waals surface area contributed by atoms with Gasteiger partial charge in [0, 0.05) is 24.2 Å². The molecule has 0 amide bonds. The summed E-state index contributed by atoms with van der Waals surface area (Å²) in [7, 11) is 0. The van der Waals surface area contributed by atoms with E-state index in [4.69, 9.17) is 22.4 Å². The van der Waals surface area contributed by atoms with Gasteiger partial charge >= 0.3 is 0 Å². The largest absolute Gasteiger partial charge is 0.396 e. The quantitative estimate of drug-likeness (QED) is 0.859. The number of rotatable bonds is 5. The van der Waals surface area contributed by atoms with Gasteiger partial charge in [-0.15, -0.1) is 0 Å². The second-order valence-electron chi connectivity index (χ2n) is 5.09. The highest BCUT2D eigenvalue weighted by Crippen LogP contribution is 2.21. The fourth-order valence-corrected chi connectivity index (χ4v) is 2.69. The first-order valence-corrected chi connectivity index (χ1v) is 6.91. The number of aliphatic hydroxyl groups excluding tert-OH is 1. The van der Waals surface area contributed by atoms with E-state index >= 15 is 0 Å². The van der Waals surface area contributed by atoms with Crippen LogP contribution in [0.5, 0.6) is 0 Å². The molecular formula is C14H21ClN2O. The van der Waals surface area contributed by atoms with E-state index in [2.05, 4.69) is 4.90 Å². The zero-order chi connectivity index (χ0) is 13.0. The molecule has 2 unspecified atom stereocenters. The van der Waals surface area contributed by atoms with Crippen LogP contribution < -0.4 is 5.73 Å². The highest BCUT2D eigenvalue weighted by Gasteiger charge is 2.21. The lowest BCUT2D eigenvalue weighted by molar-refractivity contribution is 0.220. The molecule has 3 N–H and O–H groups in total. The standard InChI is InChI=1S/C14H21ClN2O/c15-13-3-1-2-12(8-13)14(16)5-7-17-6-4-11(9-17)10-18/h1-3,8,11,14,18H,4-7,9-10,16H2. The van der Waals surface area contributed by atoms with E-state index in [-0.39, 0.29) is 6.04 Å². The molecule has 18 heavy (non-hydrogen) atoms. The molecule has 2 atom stereocenters. The van der Waals surface area contributed by atoms with Gasteiger partial charge in [0.05, 0.1) is 0 Å². The highest BCUT2D eigenvalue weighted by atomic mass is 35.5. The van der Waals surface area contributed by atoms with Gasteiger partial charge in [0.15, 0.2) is 0 Å². The number of nitrogens with zero attached hydrogens (tertiary/aromatic N) is 1. The van der Waals surface area contributed by atoms with Crippen LogP contribution in [0.1, 0.15) is 24.4 Å². The summed E-state index contributed by atoms with van der Waals surface area (Å²) in [6.07, 6.45) is 2.03. The van der Waals surface area contributed by atoms with Crippen LogP contribution in [0.25, 0.3) is 0 Å². The third kappa shape index (κ3) is 3.69. The van der Waals surface area contributed by atoms with Crippen molar-refractivity contribution in [2.75, 3.05) is 26.2 Å². The second-order valence-corrected chi connectivity index (χ2v) is 5.52. The van der Waals surface area contributed by atoms with Crippen molar-refractivity contribution in [2.24, 2.45) is 11.7 Å². The van der Waals surface area contributed by atoms with Gasteiger partial charge in [0.1, 0.15) is 0 Å². The SMILES string of the molecule is NC(CCN1CCC(CO)C1)c1cccc(Cl)c1. The lowest BCUT2D eigenvalue weighted by Crippen LogP contribution is -2.26. The molecule has 1 fully saturated rings. The fraction of sp³-hybridized carbons (Fsp3) is 0.571. The molecule has 3 nitrogen and oxygen atoms in total. The van der Waals surface area contributed by atoms with Gasteiger partial charge in [-0.1, -0.05) is 23.7 Å². The van der Waals surface area contributed by atoms with Crippen LogP contribution >= 0.6 is 11.6 Å². The van der Waals surface area contributed by atoms with Crippen molar-refractivity contribution in [3.63, 3.8) is 0 Å². The van der Waals surface area contributed by atoms with Gasteiger partial charge in [-0.05, 0) is 49.5 Å². The van der Waals surface area contributed by atoms with E-state index in [0.29, 0.717) is 12.5 Å². The summed E-state index contributed by atoms with van der Waals surface area (Å²) in [6, 6.07) is 7.81. The van der Waals surface area contributed by atoms with Gasteiger partial charge < -0.3 is 15.7 Å². The first-order valence-electron chi connectivity index (χ1n) is 6.53. The van der Waals surface area contributed by atoms with Crippen molar-refractivity contribution in [3.05, 3.63) is 34.9 Å². The Hall–Kier alpha value is -0.610. The Morgan fingerprint density at radius 1 is 1.50 bits per heavy atom. The Morgan fingerprint density at radius 3 is 3.00 bits per heavy atom. The van der Waals surface area contributed by atoms with Crippen molar-refractivity contribution in [3.8, 4) is 0 Å². The lowest BCUT2D eigenvalue weighted by atomic mass is 10.0. The van der Waals surface area contributed by atoms with Gasteiger partial charge in [-0.25, -0.2) is 0 Å². The number of aliphatic hydroxyl groups is 1. The van der Waals surface area contributed by atoms with Crippen LogP contribution in [0.2, 0.25) is 5.02 Å². The Labute approximate surface area is 114 Å². The third-order valence-electron chi connectivity index (χ3n) is 3.66. The summed E-state index contributed by atoms with van der Waals surface area (Å²) >= 11 is 5.96. The first-order chi connectivity index (χ1) is 8.69. The minimum Gasteiger partial charge on any atom is -0.396 e. The summed E-state index contributed by atoms with van der Waals surface area (Å²) in [6.45, 7) is 3.37. The average Bonchev–Trinajstić information content (AvgIpc) is 2.84. The molecule has 100 valence electrons. The minimum absolute atomic E-state index is 0.0388. The van der Waals surface area contributed by atoms with Gasteiger partial charge in [0.2, 0.25) is 0 Å². The number of hydrogen-bond acceptors (Lipinski definition) is 3. The molecular weight excluding hydrogens is 248 g/mol. The molecule has 0 aromatic heterocycles. The van der Waals surface area contributed by atoms with Crippen molar-refractivity contribution in [1.82, 2.24) is 4.90 Å². The summed E-state index contributed by atoms with van der Waals surface area (Å²) in [5.74, 6) is 0.451. The summed E-state index contributed by atoms with van der Waals surface area (Å²) < 4.78 is 0. The molecule has 1 aliphatic heterocycles. The predicted octanol–water partition coefficient (Wildman–Crippen LogP) is 2.04. The number of halogens is 1. The second kappa shape index (κ2) is 6.53. The summed E-state index contributed by atoms with van der Waals surface area (Å²) in [5.41, 5.74) is 7.27. The van der Waals surface area contributed by atoms with Gasteiger partial charge in [-0.2, -0.15) is 0 Å². The normalized spacial score (nSPS) is 22.3. The van der Waals surface area contributed by atoms with Crippen LogP contribution in [0, 0.1) is 5.92 Å². The summed E-state index contributed by atoms with van der Waals surface area (Å²) in [4.78, 5) is 2.38. The maximum atomic E-state index is 9.10. The number of nitrogens with two attached hydrogens (primary N) is 1. The molecule has 1 heterocycles. The Balaban J connectivity index is 1.80. The highest BCUT2D eigenvalue weighted by molar-refractivity contribution is 6.30. The average molecular weight is 269 g/mol. The van der Waals surface area contributed by atoms with Gasteiger partial charge in [0.25, 0.3) is 0 Å². The predicted molar refractivity (Wildman–Crippen MR) is 74.6 cm³/mol. The van der Waals surface area contributed by atoms with Crippen molar-refractivity contribution in [1.29, 1.82) is 0 Å². The van der Waals surface area contributed by atoms with Gasteiger partial charge in [-0.3, -0.25) is 0 Å². The van der Waals surface area contributed by atoms with E-state index < -0.39 is 0 Å². The van der Waals surface area contributed by atoms with E-state index in [1.54, 1.807) is 0 Å². The molecule has 1 aromatic carbocycles. The molecule has 0 aliphatic carbocycles. The van der Waals surface area contributed by atoms with E-state index in [0.717, 1.165) is 43.1 Å². The van der Waals surface area contributed by atoms with E-state index in [1.165, 1.54) is 0 Å². The van der Waals surface area contributed by atoms with E-state index in [1.807, 2.05) is 24.3 Å². The molecule has 1 aromatic rings. The van der Waals surface area contributed by atoms with Crippen LogP contribution in [-0.2, 0) is 0 Å². The molecule has 2 rings (SSSR count). The maximum Gasteiger partial charge on any atom is 0.0471 e. The molecule has 1 saturated heterocycles.